The number of pyridine rings is 1. The monoisotopic (exact) mass is 487 g/mol. The molecule has 1 unspecified atom stereocenters. The number of methoxy groups -OCH3 is 1. The molecule has 4 heterocycles. The molecule has 0 radical (unpaired) electrons. The van der Waals surface area contributed by atoms with Gasteiger partial charge >= 0.3 is 12.2 Å². The van der Waals surface area contributed by atoms with Crippen LogP contribution in [0.5, 0.6) is 6.01 Å². The molecule has 4 rings (SSSR count). The van der Waals surface area contributed by atoms with E-state index in [1.807, 2.05) is 4.90 Å². The number of halogens is 3. The number of aromatic nitrogens is 3. The van der Waals surface area contributed by atoms with Crippen molar-refractivity contribution in [1.29, 1.82) is 5.26 Å². The fourth-order valence-electron chi connectivity index (χ4n) is 4.56. The zero-order valence-corrected chi connectivity index (χ0v) is 19.1. The zero-order chi connectivity index (χ0) is 25.2. The summed E-state index contributed by atoms with van der Waals surface area (Å²) >= 11 is 0. The summed E-state index contributed by atoms with van der Waals surface area (Å²) in [6.45, 7) is 5.22. The normalized spacial score (nSPS) is 18.0. The van der Waals surface area contributed by atoms with Crippen LogP contribution < -0.4 is 14.5 Å². The fraction of sp³-hybridized carbons (Fsp3) is 0.435. The molecule has 1 amide bonds. The Morgan fingerprint density at radius 1 is 1.31 bits per heavy atom. The maximum atomic E-state index is 13.6. The Morgan fingerprint density at radius 2 is 2.11 bits per heavy atom. The van der Waals surface area contributed by atoms with Crippen molar-refractivity contribution < 1.29 is 22.7 Å². The van der Waals surface area contributed by atoms with Crippen LogP contribution in [0.1, 0.15) is 23.2 Å². The lowest BCUT2D eigenvalue weighted by Gasteiger charge is -2.42. The van der Waals surface area contributed by atoms with Crippen LogP contribution in [0.4, 0.5) is 24.7 Å². The molecule has 2 aromatic heterocycles. The first-order chi connectivity index (χ1) is 16.8. The van der Waals surface area contributed by atoms with Gasteiger partial charge in [-0.2, -0.15) is 28.4 Å². The maximum Gasteiger partial charge on any atom is 0.418 e. The number of alkyl halides is 3. The van der Waals surface area contributed by atoms with Gasteiger partial charge in [0.2, 0.25) is 5.91 Å². The van der Waals surface area contributed by atoms with Crippen molar-refractivity contribution in [2.45, 2.75) is 31.6 Å². The molecule has 2 aliphatic rings. The van der Waals surface area contributed by atoms with Crippen LogP contribution in [0, 0.1) is 11.3 Å². The molecular weight excluding hydrogens is 463 g/mol. The Hall–Kier alpha value is -3.88. The van der Waals surface area contributed by atoms with Gasteiger partial charge in [-0.25, -0.2) is 0 Å². The van der Waals surface area contributed by atoms with E-state index in [-0.39, 0.29) is 36.6 Å². The first-order valence-electron chi connectivity index (χ1n) is 11.0. The Kier molecular flexibility index (Phi) is 6.77. The summed E-state index contributed by atoms with van der Waals surface area (Å²) in [4.78, 5) is 30.3. The average molecular weight is 487 g/mol. The average Bonchev–Trinajstić information content (AvgIpc) is 2.86. The molecule has 2 aromatic rings. The van der Waals surface area contributed by atoms with Crippen LogP contribution in [0.25, 0.3) is 0 Å². The van der Waals surface area contributed by atoms with Crippen LogP contribution in [0.3, 0.4) is 0 Å². The lowest BCUT2D eigenvalue weighted by molar-refractivity contribution is -0.137. The van der Waals surface area contributed by atoms with Gasteiger partial charge in [-0.3, -0.25) is 9.78 Å². The first-order valence-corrected chi connectivity index (χ1v) is 11.0. The predicted molar refractivity (Wildman–Crippen MR) is 121 cm³/mol. The molecule has 2 aliphatic heterocycles. The SMILES string of the molecule is C=CC(=O)N1CCN(c2nc(OC)nc3c2CCN(c2cnccc2C(F)(F)F)C3)CC1CC#N. The summed E-state index contributed by atoms with van der Waals surface area (Å²) in [5.74, 6) is 0.377. The van der Waals surface area contributed by atoms with E-state index in [4.69, 9.17) is 4.74 Å². The van der Waals surface area contributed by atoms with E-state index in [9.17, 15) is 23.2 Å². The van der Waals surface area contributed by atoms with Gasteiger partial charge in [0.05, 0.1) is 55.3 Å². The second-order valence-electron chi connectivity index (χ2n) is 8.22. The van der Waals surface area contributed by atoms with E-state index in [0.717, 1.165) is 17.8 Å². The van der Waals surface area contributed by atoms with Crippen LogP contribution >= 0.6 is 0 Å². The second-order valence-corrected chi connectivity index (χ2v) is 8.22. The number of piperazine rings is 1. The van der Waals surface area contributed by atoms with Crippen LogP contribution in [0.2, 0.25) is 0 Å². The Bertz CT molecular complexity index is 1160. The van der Waals surface area contributed by atoms with Gasteiger partial charge in [0.25, 0.3) is 0 Å². The molecule has 1 atom stereocenters. The van der Waals surface area contributed by atoms with E-state index >= 15 is 0 Å². The number of carbonyl (C=O) groups excluding carboxylic acids is 1. The number of nitriles is 1. The van der Waals surface area contributed by atoms with Gasteiger partial charge < -0.3 is 19.4 Å². The van der Waals surface area contributed by atoms with Gasteiger partial charge in [-0.05, 0) is 18.6 Å². The predicted octanol–water partition coefficient (Wildman–Crippen LogP) is 2.58. The molecule has 1 saturated heterocycles. The zero-order valence-electron chi connectivity index (χ0n) is 19.1. The minimum Gasteiger partial charge on any atom is -0.467 e. The second kappa shape index (κ2) is 9.77. The number of amides is 1. The van der Waals surface area contributed by atoms with Crippen molar-refractivity contribution in [2.24, 2.45) is 0 Å². The van der Waals surface area contributed by atoms with Gasteiger partial charge in [0, 0.05) is 37.9 Å². The summed E-state index contributed by atoms with van der Waals surface area (Å²) in [7, 11) is 1.42. The van der Waals surface area contributed by atoms with Crippen molar-refractivity contribution in [3.63, 3.8) is 0 Å². The number of anilines is 2. The highest BCUT2D eigenvalue weighted by atomic mass is 19.4. The minimum atomic E-state index is -4.51. The number of hydrogen-bond acceptors (Lipinski definition) is 8. The highest BCUT2D eigenvalue weighted by molar-refractivity contribution is 5.87. The summed E-state index contributed by atoms with van der Waals surface area (Å²) in [5, 5.41) is 9.27. The van der Waals surface area contributed by atoms with E-state index in [2.05, 4.69) is 27.6 Å². The summed E-state index contributed by atoms with van der Waals surface area (Å²) in [6, 6.07) is 2.85. The molecule has 0 saturated carbocycles. The number of fused-ring (bicyclic) bond motifs is 1. The van der Waals surface area contributed by atoms with Crippen LogP contribution in [-0.4, -0.2) is 65.1 Å². The van der Waals surface area contributed by atoms with E-state index < -0.39 is 11.7 Å². The number of rotatable bonds is 5. The highest BCUT2D eigenvalue weighted by Gasteiger charge is 2.37. The molecule has 0 aliphatic carbocycles. The molecule has 0 aromatic carbocycles. The quantitative estimate of drug-likeness (QED) is 0.594. The third-order valence-corrected chi connectivity index (χ3v) is 6.22. The third kappa shape index (κ3) is 4.84. The summed E-state index contributed by atoms with van der Waals surface area (Å²) < 4.78 is 46.0. The maximum absolute atomic E-state index is 13.6. The number of nitrogens with zero attached hydrogens (tertiary/aromatic N) is 7. The molecule has 184 valence electrons. The van der Waals surface area contributed by atoms with Gasteiger partial charge in [-0.15, -0.1) is 0 Å². The van der Waals surface area contributed by atoms with E-state index in [0.29, 0.717) is 44.1 Å². The van der Waals surface area contributed by atoms with Crippen molar-refractivity contribution in [2.75, 3.05) is 43.1 Å². The van der Waals surface area contributed by atoms with Gasteiger partial charge in [0.15, 0.2) is 0 Å². The van der Waals surface area contributed by atoms with Crippen LogP contribution in [0.15, 0.2) is 31.1 Å². The Labute approximate surface area is 200 Å². The number of ether oxygens (including phenoxy) is 1. The van der Waals surface area contributed by atoms with Gasteiger partial charge in [0.1, 0.15) is 5.82 Å². The summed E-state index contributed by atoms with van der Waals surface area (Å²) in [5.41, 5.74) is 0.630. The molecule has 0 bridgehead atoms. The van der Waals surface area contributed by atoms with Crippen molar-refractivity contribution >= 4 is 17.4 Å². The Morgan fingerprint density at radius 3 is 2.80 bits per heavy atom. The molecule has 12 heteroatoms. The summed E-state index contributed by atoms with van der Waals surface area (Å²) in [6.07, 6.45) is -0.369. The van der Waals surface area contributed by atoms with E-state index in [1.165, 1.54) is 19.4 Å². The molecule has 35 heavy (non-hydrogen) atoms. The van der Waals surface area contributed by atoms with Crippen molar-refractivity contribution in [3.05, 3.63) is 47.9 Å². The largest absolute Gasteiger partial charge is 0.467 e. The standard InChI is InChI=1S/C23H24F3N7O2/c1-3-20(34)33-11-10-32(13-15(33)4-7-27)21-16-6-9-31(14-18(16)29-22(30-21)35-2)19-12-28-8-5-17(19)23(24,25)26/h3,5,8,12,15H,1,4,6,9-11,13-14H2,2H3. The molecule has 1 fully saturated rings. The minimum absolute atomic E-state index is 0.00425. The smallest absolute Gasteiger partial charge is 0.418 e. The topological polar surface area (TPSA) is 98.5 Å². The molecule has 0 spiro atoms. The highest BCUT2D eigenvalue weighted by Crippen LogP contribution is 2.38. The first kappa shape index (κ1) is 24.3. The molecule has 9 nitrogen and oxygen atoms in total. The molecule has 0 N–H and O–H groups in total. The lowest BCUT2D eigenvalue weighted by Crippen LogP contribution is -2.55. The third-order valence-electron chi connectivity index (χ3n) is 6.22. The van der Waals surface area contributed by atoms with Crippen molar-refractivity contribution in [1.82, 2.24) is 19.9 Å². The lowest BCUT2D eigenvalue weighted by atomic mass is 10.0. The fourth-order valence-corrected chi connectivity index (χ4v) is 4.56. The van der Waals surface area contributed by atoms with Crippen LogP contribution in [-0.2, 0) is 23.9 Å². The van der Waals surface area contributed by atoms with Gasteiger partial charge in [-0.1, -0.05) is 6.58 Å². The van der Waals surface area contributed by atoms with E-state index in [1.54, 1.807) is 9.80 Å². The number of carbonyl (C=O) groups is 1. The Balaban J connectivity index is 1.66. The van der Waals surface area contributed by atoms with Crippen molar-refractivity contribution in [3.8, 4) is 12.1 Å². The number of hydrogen-bond donors (Lipinski definition) is 0. The molecular formula is C23H24F3N7O2.